The Balaban J connectivity index is 2.27. The largest absolute Gasteiger partial charge is 0.506 e. The van der Waals surface area contributed by atoms with E-state index >= 15 is 0 Å². The number of phenols is 1. The first kappa shape index (κ1) is 13.9. The van der Waals surface area contributed by atoms with E-state index in [1.54, 1.807) is 6.07 Å². The summed E-state index contributed by atoms with van der Waals surface area (Å²) in [6.07, 6.45) is 0. The van der Waals surface area contributed by atoms with Crippen molar-refractivity contribution in [1.82, 2.24) is 0 Å². The molecule has 0 aromatic heterocycles. The van der Waals surface area contributed by atoms with Gasteiger partial charge in [0.15, 0.2) is 0 Å². The van der Waals surface area contributed by atoms with Crippen LogP contribution in [0.1, 0.15) is 18.1 Å². The van der Waals surface area contributed by atoms with Crippen molar-refractivity contribution in [2.45, 2.75) is 13.5 Å². The molecule has 0 bridgehead atoms. The van der Waals surface area contributed by atoms with Gasteiger partial charge in [0.1, 0.15) is 5.75 Å². The van der Waals surface area contributed by atoms with Gasteiger partial charge in [0.2, 0.25) is 0 Å². The van der Waals surface area contributed by atoms with Crippen LogP contribution in [0.3, 0.4) is 0 Å². The van der Waals surface area contributed by atoms with E-state index in [1.807, 2.05) is 37.3 Å². The molecule has 0 fully saturated rings. The topological polar surface area (TPSA) is 32.6 Å². The summed E-state index contributed by atoms with van der Waals surface area (Å²) in [4.78, 5) is 4.45. The van der Waals surface area contributed by atoms with Crippen molar-refractivity contribution in [2.24, 2.45) is 4.99 Å². The van der Waals surface area contributed by atoms with Gasteiger partial charge in [-0.15, -0.1) is 0 Å². The van der Waals surface area contributed by atoms with Crippen LogP contribution >= 0.6 is 23.2 Å². The van der Waals surface area contributed by atoms with Crippen LogP contribution in [0.5, 0.6) is 5.75 Å². The minimum atomic E-state index is 0.0142. The smallest absolute Gasteiger partial charge is 0.143 e. The second-order valence-electron chi connectivity index (χ2n) is 4.17. The standard InChI is InChI=1S/C15H13Cl2NO/c1-10(18-9-11-5-3-2-4-6-11)13-7-12(16)8-14(17)15(13)19/h2-8,19H,9H2,1H3. The third kappa shape index (κ3) is 3.49. The Hall–Kier alpha value is -1.51. The normalized spacial score (nSPS) is 11.6. The Bertz CT molecular complexity index is 609. The SMILES string of the molecule is CC(=NCc1ccccc1)c1cc(Cl)cc(Cl)c1O. The number of hydrogen-bond donors (Lipinski definition) is 1. The molecule has 0 saturated heterocycles. The monoisotopic (exact) mass is 293 g/mol. The van der Waals surface area contributed by atoms with Crippen LogP contribution in [0, 0.1) is 0 Å². The van der Waals surface area contributed by atoms with E-state index in [-0.39, 0.29) is 10.8 Å². The lowest BCUT2D eigenvalue weighted by atomic mass is 10.1. The second-order valence-corrected chi connectivity index (χ2v) is 5.01. The van der Waals surface area contributed by atoms with E-state index in [1.165, 1.54) is 6.07 Å². The quantitative estimate of drug-likeness (QED) is 0.817. The van der Waals surface area contributed by atoms with Gasteiger partial charge in [-0.05, 0) is 24.6 Å². The zero-order valence-electron chi connectivity index (χ0n) is 10.4. The third-order valence-corrected chi connectivity index (χ3v) is 3.27. The number of benzene rings is 2. The molecular formula is C15H13Cl2NO. The Morgan fingerprint density at radius 2 is 1.84 bits per heavy atom. The molecule has 0 aliphatic rings. The highest BCUT2D eigenvalue weighted by molar-refractivity contribution is 6.36. The summed E-state index contributed by atoms with van der Waals surface area (Å²) in [5, 5.41) is 10.6. The summed E-state index contributed by atoms with van der Waals surface area (Å²) in [5.74, 6) is 0.0142. The van der Waals surface area contributed by atoms with Crippen LogP contribution in [-0.4, -0.2) is 10.8 Å². The first-order chi connectivity index (χ1) is 9.08. The predicted octanol–water partition coefficient (Wildman–Crippen LogP) is 4.71. The molecule has 0 heterocycles. The molecule has 0 atom stereocenters. The maximum atomic E-state index is 9.92. The van der Waals surface area contributed by atoms with Crippen LogP contribution in [0.2, 0.25) is 10.0 Å². The van der Waals surface area contributed by atoms with E-state index in [0.717, 1.165) is 5.56 Å². The lowest BCUT2D eigenvalue weighted by Crippen LogP contribution is -1.97. The number of aromatic hydroxyl groups is 1. The fourth-order valence-corrected chi connectivity index (χ4v) is 2.21. The van der Waals surface area contributed by atoms with Crippen LogP contribution in [0.15, 0.2) is 47.5 Å². The zero-order valence-corrected chi connectivity index (χ0v) is 11.9. The average molecular weight is 294 g/mol. The summed E-state index contributed by atoms with van der Waals surface area (Å²) < 4.78 is 0. The van der Waals surface area contributed by atoms with Gasteiger partial charge < -0.3 is 5.11 Å². The van der Waals surface area contributed by atoms with Gasteiger partial charge in [-0.25, -0.2) is 0 Å². The van der Waals surface area contributed by atoms with Crippen molar-refractivity contribution in [3.8, 4) is 5.75 Å². The molecule has 98 valence electrons. The number of halogens is 2. The van der Waals surface area contributed by atoms with Crippen LogP contribution in [0.4, 0.5) is 0 Å². The van der Waals surface area contributed by atoms with E-state index in [0.29, 0.717) is 22.8 Å². The van der Waals surface area contributed by atoms with Crippen molar-refractivity contribution in [3.63, 3.8) is 0 Å². The molecule has 2 aromatic rings. The van der Waals surface area contributed by atoms with Crippen LogP contribution in [-0.2, 0) is 6.54 Å². The lowest BCUT2D eigenvalue weighted by Gasteiger charge is -2.07. The van der Waals surface area contributed by atoms with Gasteiger partial charge in [-0.3, -0.25) is 4.99 Å². The average Bonchev–Trinajstić information content (AvgIpc) is 2.41. The number of nitrogens with zero attached hydrogens (tertiary/aromatic N) is 1. The fourth-order valence-electron chi connectivity index (χ4n) is 1.72. The predicted molar refractivity (Wildman–Crippen MR) is 80.5 cm³/mol. The maximum absolute atomic E-state index is 9.92. The van der Waals surface area contributed by atoms with E-state index in [2.05, 4.69) is 4.99 Å². The number of aliphatic imine (C=N–C) groups is 1. The first-order valence-corrected chi connectivity index (χ1v) is 6.57. The molecule has 4 heteroatoms. The molecular weight excluding hydrogens is 281 g/mol. The molecule has 0 saturated carbocycles. The van der Waals surface area contributed by atoms with Gasteiger partial charge in [0.05, 0.1) is 11.6 Å². The second kappa shape index (κ2) is 6.09. The number of rotatable bonds is 3. The lowest BCUT2D eigenvalue weighted by molar-refractivity contribution is 0.474. The summed E-state index contributed by atoms with van der Waals surface area (Å²) in [6, 6.07) is 13.1. The molecule has 0 unspecified atom stereocenters. The van der Waals surface area contributed by atoms with E-state index in [4.69, 9.17) is 23.2 Å². The van der Waals surface area contributed by atoms with Crippen molar-refractivity contribution in [1.29, 1.82) is 0 Å². The summed E-state index contributed by atoms with van der Waals surface area (Å²) in [7, 11) is 0. The van der Waals surface area contributed by atoms with Gasteiger partial charge in [-0.1, -0.05) is 53.5 Å². The first-order valence-electron chi connectivity index (χ1n) is 5.81. The maximum Gasteiger partial charge on any atom is 0.143 e. The Kier molecular flexibility index (Phi) is 4.46. The molecule has 2 rings (SSSR count). The molecule has 0 aliphatic heterocycles. The molecule has 2 nitrogen and oxygen atoms in total. The summed E-state index contributed by atoms with van der Waals surface area (Å²) in [5.41, 5.74) is 2.37. The summed E-state index contributed by atoms with van der Waals surface area (Å²) in [6.45, 7) is 2.38. The third-order valence-electron chi connectivity index (χ3n) is 2.76. The number of phenolic OH excluding ortho intramolecular Hbond substituents is 1. The van der Waals surface area contributed by atoms with Gasteiger partial charge in [0, 0.05) is 16.3 Å². The zero-order chi connectivity index (χ0) is 13.8. The molecule has 0 spiro atoms. The summed E-state index contributed by atoms with van der Waals surface area (Å²) >= 11 is 11.8. The van der Waals surface area contributed by atoms with Crippen LogP contribution in [0.25, 0.3) is 0 Å². The van der Waals surface area contributed by atoms with E-state index < -0.39 is 0 Å². The van der Waals surface area contributed by atoms with Crippen molar-refractivity contribution in [3.05, 3.63) is 63.6 Å². The molecule has 0 amide bonds. The van der Waals surface area contributed by atoms with Gasteiger partial charge in [0.25, 0.3) is 0 Å². The van der Waals surface area contributed by atoms with Gasteiger partial charge in [-0.2, -0.15) is 0 Å². The van der Waals surface area contributed by atoms with Gasteiger partial charge >= 0.3 is 0 Å². The molecule has 1 N–H and O–H groups in total. The molecule has 0 aliphatic carbocycles. The Labute approximate surface area is 122 Å². The molecule has 19 heavy (non-hydrogen) atoms. The Morgan fingerprint density at radius 3 is 2.53 bits per heavy atom. The van der Waals surface area contributed by atoms with Crippen molar-refractivity contribution < 1.29 is 5.11 Å². The highest BCUT2D eigenvalue weighted by Gasteiger charge is 2.10. The highest BCUT2D eigenvalue weighted by atomic mass is 35.5. The van der Waals surface area contributed by atoms with Crippen molar-refractivity contribution in [2.75, 3.05) is 0 Å². The minimum Gasteiger partial charge on any atom is -0.506 e. The Morgan fingerprint density at radius 1 is 1.16 bits per heavy atom. The molecule has 2 aromatic carbocycles. The van der Waals surface area contributed by atoms with Crippen LogP contribution < -0.4 is 0 Å². The minimum absolute atomic E-state index is 0.0142. The highest BCUT2D eigenvalue weighted by Crippen LogP contribution is 2.31. The van der Waals surface area contributed by atoms with E-state index in [9.17, 15) is 5.11 Å². The number of hydrogen-bond acceptors (Lipinski definition) is 2. The van der Waals surface area contributed by atoms with Crippen molar-refractivity contribution >= 4 is 28.9 Å². The fraction of sp³-hybridized carbons (Fsp3) is 0.133. The molecule has 0 radical (unpaired) electrons.